The van der Waals surface area contributed by atoms with Crippen LogP contribution in [0.5, 0.6) is 0 Å². The van der Waals surface area contributed by atoms with Gasteiger partial charge in [-0.2, -0.15) is 0 Å². The van der Waals surface area contributed by atoms with Crippen molar-refractivity contribution in [2.24, 2.45) is 4.99 Å². The second-order valence-electron chi connectivity index (χ2n) is 5.72. The second-order valence-corrected chi connectivity index (χ2v) is 6.16. The molecule has 2 aromatic rings. The largest absolute Gasteiger partial charge is 0.357 e. The van der Waals surface area contributed by atoms with Gasteiger partial charge in [-0.05, 0) is 36.8 Å². The predicted molar refractivity (Wildman–Crippen MR) is 121 cm³/mol. The number of halogens is 2. The van der Waals surface area contributed by atoms with E-state index in [-0.39, 0.29) is 29.9 Å². The zero-order valence-electron chi connectivity index (χ0n) is 15.5. The number of aromatic nitrogens is 1. The van der Waals surface area contributed by atoms with Crippen molar-refractivity contribution < 1.29 is 4.79 Å². The maximum Gasteiger partial charge on any atom is 0.252 e. The first-order valence-corrected chi connectivity index (χ1v) is 8.90. The molecular weight excluding hydrogens is 477 g/mol. The lowest BCUT2D eigenvalue weighted by atomic mass is 10.2. The lowest BCUT2D eigenvalue weighted by molar-refractivity contribution is 0.0954. The third kappa shape index (κ3) is 8.13. The van der Waals surface area contributed by atoms with E-state index in [4.69, 9.17) is 11.6 Å². The van der Waals surface area contributed by atoms with Crippen molar-refractivity contribution >= 4 is 47.4 Å². The van der Waals surface area contributed by atoms with Crippen LogP contribution in [0, 0.1) is 0 Å². The van der Waals surface area contributed by atoms with Gasteiger partial charge >= 0.3 is 0 Å². The lowest BCUT2D eigenvalue weighted by Crippen LogP contribution is -2.39. The summed E-state index contributed by atoms with van der Waals surface area (Å²) in [5.74, 6) is 0.633. The Balaban J connectivity index is 0.00000364. The number of amides is 1. The molecule has 0 saturated carbocycles. The third-order valence-electron chi connectivity index (χ3n) is 3.59. The molecule has 0 saturated heterocycles. The van der Waals surface area contributed by atoms with Gasteiger partial charge in [0.1, 0.15) is 0 Å². The van der Waals surface area contributed by atoms with Gasteiger partial charge in [0, 0.05) is 44.1 Å². The smallest absolute Gasteiger partial charge is 0.252 e. The van der Waals surface area contributed by atoms with Crippen LogP contribution < -0.4 is 10.6 Å². The molecule has 0 aliphatic rings. The molecule has 0 spiro atoms. The number of hydrogen-bond acceptors (Lipinski definition) is 3. The van der Waals surface area contributed by atoms with E-state index in [1.165, 1.54) is 0 Å². The Morgan fingerprint density at radius 1 is 1.26 bits per heavy atom. The van der Waals surface area contributed by atoms with E-state index in [0.717, 1.165) is 23.1 Å². The van der Waals surface area contributed by atoms with E-state index in [0.29, 0.717) is 25.2 Å². The zero-order valence-corrected chi connectivity index (χ0v) is 18.6. The predicted octanol–water partition coefficient (Wildman–Crippen LogP) is 3.18. The minimum absolute atomic E-state index is 0. The summed E-state index contributed by atoms with van der Waals surface area (Å²) in [5.41, 5.74) is 1.65. The monoisotopic (exact) mass is 501 g/mol. The molecule has 1 amide bonds. The number of benzene rings is 1. The molecule has 0 aliphatic heterocycles. The lowest BCUT2D eigenvalue weighted by Gasteiger charge is -2.22. The topological polar surface area (TPSA) is 69.6 Å². The normalized spacial score (nSPS) is 10.7. The van der Waals surface area contributed by atoms with Crippen LogP contribution in [0.4, 0.5) is 0 Å². The first-order chi connectivity index (χ1) is 12.6. The third-order valence-corrected chi connectivity index (χ3v) is 3.82. The van der Waals surface area contributed by atoms with Crippen molar-refractivity contribution in [1.82, 2.24) is 20.5 Å². The highest BCUT2D eigenvalue weighted by Gasteiger charge is 2.07. The second kappa shape index (κ2) is 12.5. The maximum atomic E-state index is 12.0. The molecule has 1 aromatic carbocycles. The number of guanidine groups is 1. The Hall–Kier alpha value is -1.87. The van der Waals surface area contributed by atoms with Crippen LogP contribution in [0.1, 0.15) is 22.8 Å². The summed E-state index contributed by atoms with van der Waals surface area (Å²) in [7, 11) is 1.97. The maximum absolute atomic E-state index is 12.0. The van der Waals surface area contributed by atoms with E-state index in [9.17, 15) is 4.79 Å². The van der Waals surface area contributed by atoms with E-state index in [1.54, 1.807) is 24.5 Å². The van der Waals surface area contributed by atoms with Gasteiger partial charge in [-0.15, -0.1) is 24.0 Å². The summed E-state index contributed by atoms with van der Waals surface area (Å²) in [6.45, 7) is 4.41. The fraction of sp³-hybridized carbons (Fsp3) is 0.316. The van der Waals surface area contributed by atoms with Gasteiger partial charge in [0.15, 0.2) is 5.96 Å². The van der Waals surface area contributed by atoms with Crippen molar-refractivity contribution in [2.75, 3.05) is 26.7 Å². The molecule has 146 valence electrons. The number of nitrogens with zero attached hydrogens (tertiary/aromatic N) is 3. The fourth-order valence-electron chi connectivity index (χ4n) is 2.38. The first-order valence-electron chi connectivity index (χ1n) is 8.52. The van der Waals surface area contributed by atoms with E-state index >= 15 is 0 Å². The summed E-state index contributed by atoms with van der Waals surface area (Å²) >= 11 is 6.04. The molecule has 0 radical (unpaired) electrons. The molecule has 27 heavy (non-hydrogen) atoms. The Bertz CT molecular complexity index is 742. The molecule has 8 heteroatoms. The highest BCUT2D eigenvalue weighted by Crippen LogP contribution is 2.12. The van der Waals surface area contributed by atoms with Crippen molar-refractivity contribution in [3.8, 4) is 0 Å². The number of aliphatic imine (C=N–C) groups is 1. The Morgan fingerprint density at radius 3 is 2.74 bits per heavy atom. The molecule has 1 heterocycles. The Morgan fingerprint density at radius 2 is 2.07 bits per heavy atom. The van der Waals surface area contributed by atoms with Gasteiger partial charge in [0.05, 0.1) is 12.1 Å². The summed E-state index contributed by atoms with van der Waals surface area (Å²) < 4.78 is 0. The zero-order chi connectivity index (χ0) is 18.8. The highest BCUT2D eigenvalue weighted by atomic mass is 127. The molecule has 2 rings (SSSR count). The molecule has 0 bridgehead atoms. The summed E-state index contributed by atoms with van der Waals surface area (Å²) in [4.78, 5) is 22.5. The number of pyridine rings is 1. The standard InChI is InChI=1S/C19H24ClN5O.HI/c1-3-22-19(25(2)14-15-6-4-8-17(20)12-15)24-11-10-23-18(26)16-7-5-9-21-13-16;/h4-9,12-13H,3,10-11,14H2,1-2H3,(H,22,24)(H,23,26);1H. The van der Waals surface area contributed by atoms with Crippen molar-refractivity contribution in [3.63, 3.8) is 0 Å². The SMILES string of the molecule is CCNC(=NCCNC(=O)c1cccnc1)N(C)Cc1cccc(Cl)c1.I. The molecule has 6 nitrogen and oxygen atoms in total. The quantitative estimate of drug-likeness (QED) is 0.265. The Kier molecular flexibility index (Phi) is 10.7. The van der Waals surface area contributed by atoms with Crippen LogP contribution in [0.25, 0.3) is 0 Å². The van der Waals surface area contributed by atoms with Crippen molar-refractivity contribution in [3.05, 3.63) is 64.9 Å². The minimum Gasteiger partial charge on any atom is -0.357 e. The van der Waals surface area contributed by atoms with Crippen LogP contribution in [0.2, 0.25) is 5.02 Å². The van der Waals surface area contributed by atoms with E-state index in [1.807, 2.05) is 43.1 Å². The first kappa shape index (κ1) is 23.2. The highest BCUT2D eigenvalue weighted by molar-refractivity contribution is 14.0. The molecule has 0 fully saturated rings. The fourth-order valence-corrected chi connectivity index (χ4v) is 2.60. The van der Waals surface area contributed by atoms with E-state index < -0.39 is 0 Å². The van der Waals surface area contributed by atoms with Gasteiger partial charge in [-0.25, -0.2) is 0 Å². The average Bonchev–Trinajstić information content (AvgIpc) is 2.64. The van der Waals surface area contributed by atoms with Crippen LogP contribution in [0.3, 0.4) is 0 Å². The van der Waals surface area contributed by atoms with E-state index in [2.05, 4.69) is 20.6 Å². The minimum atomic E-state index is -0.148. The molecular formula is C19H25ClIN5O. The number of hydrogen-bond donors (Lipinski definition) is 2. The van der Waals surface area contributed by atoms with Crippen LogP contribution in [-0.4, -0.2) is 48.4 Å². The van der Waals surface area contributed by atoms with Gasteiger partial charge in [0.2, 0.25) is 0 Å². The van der Waals surface area contributed by atoms with Gasteiger partial charge < -0.3 is 15.5 Å². The molecule has 1 aromatic heterocycles. The van der Waals surface area contributed by atoms with Gasteiger partial charge in [0.25, 0.3) is 5.91 Å². The average molecular weight is 502 g/mol. The van der Waals surface area contributed by atoms with Crippen LogP contribution >= 0.6 is 35.6 Å². The van der Waals surface area contributed by atoms with Gasteiger partial charge in [-0.3, -0.25) is 14.8 Å². The number of carbonyl (C=O) groups excluding carboxylic acids is 1. The summed E-state index contributed by atoms with van der Waals surface area (Å²) in [5, 5.41) is 6.82. The molecule has 0 unspecified atom stereocenters. The van der Waals surface area contributed by atoms with Gasteiger partial charge in [-0.1, -0.05) is 23.7 Å². The number of carbonyl (C=O) groups is 1. The molecule has 0 aliphatic carbocycles. The van der Waals surface area contributed by atoms with Crippen molar-refractivity contribution in [2.45, 2.75) is 13.5 Å². The summed E-state index contributed by atoms with van der Waals surface area (Å²) in [6, 6.07) is 11.2. The van der Waals surface area contributed by atoms with Crippen LogP contribution in [-0.2, 0) is 6.54 Å². The summed E-state index contributed by atoms with van der Waals surface area (Å²) in [6.07, 6.45) is 3.18. The Labute approximate surface area is 182 Å². The van der Waals surface area contributed by atoms with Crippen LogP contribution in [0.15, 0.2) is 53.8 Å². The molecule has 0 atom stereocenters. The molecule has 2 N–H and O–H groups in total. The number of rotatable bonds is 7. The van der Waals surface area contributed by atoms with Crippen molar-refractivity contribution in [1.29, 1.82) is 0 Å². The number of nitrogens with one attached hydrogen (secondary N) is 2.